The van der Waals surface area contributed by atoms with Crippen LogP contribution < -0.4 is 5.32 Å². The van der Waals surface area contributed by atoms with Gasteiger partial charge in [-0.3, -0.25) is 14.9 Å². The van der Waals surface area contributed by atoms with Crippen molar-refractivity contribution in [1.82, 2.24) is 5.32 Å². The standard InChI is InChI=1S/C19H18N2O5/c22-13-17-12-18(21(24)25)10-9-16(17)8-4-5-11-20-19(23)26-14-15-6-2-1-3-7-15/h1-4,6-10,12-13H,5,11,14H2,(H,20,23). The number of nitrogens with one attached hydrogen (secondary N) is 1. The monoisotopic (exact) mass is 354 g/mol. The average Bonchev–Trinajstić information content (AvgIpc) is 2.66. The lowest BCUT2D eigenvalue weighted by molar-refractivity contribution is -0.384. The number of alkyl carbamates (subject to hydrolysis) is 1. The van der Waals surface area contributed by atoms with E-state index in [-0.39, 0.29) is 17.9 Å². The summed E-state index contributed by atoms with van der Waals surface area (Å²) in [4.78, 5) is 32.8. The second-order valence-electron chi connectivity index (χ2n) is 5.37. The van der Waals surface area contributed by atoms with Crippen LogP contribution in [0.4, 0.5) is 10.5 Å². The van der Waals surface area contributed by atoms with Gasteiger partial charge in [-0.15, -0.1) is 0 Å². The number of amides is 1. The van der Waals surface area contributed by atoms with Crippen molar-refractivity contribution >= 4 is 24.1 Å². The van der Waals surface area contributed by atoms with Gasteiger partial charge in [-0.2, -0.15) is 0 Å². The van der Waals surface area contributed by atoms with Crippen molar-refractivity contribution in [2.75, 3.05) is 6.54 Å². The van der Waals surface area contributed by atoms with Crippen LogP contribution in [0.1, 0.15) is 27.9 Å². The molecule has 7 nitrogen and oxygen atoms in total. The van der Waals surface area contributed by atoms with E-state index in [9.17, 15) is 19.7 Å². The Bertz CT molecular complexity index is 803. The number of ether oxygens (including phenoxy) is 1. The molecule has 0 atom stereocenters. The van der Waals surface area contributed by atoms with E-state index >= 15 is 0 Å². The SMILES string of the molecule is O=Cc1cc([N+](=O)[O-])ccc1C=CCCNC(=O)OCc1ccccc1. The van der Waals surface area contributed by atoms with Gasteiger partial charge in [0.1, 0.15) is 6.61 Å². The lowest BCUT2D eigenvalue weighted by Crippen LogP contribution is -2.24. The Kier molecular flexibility index (Phi) is 7.05. The van der Waals surface area contributed by atoms with Crippen LogP contribution >= 0.6 is 0 Å². The number of hydrogen-bond donors (Lipinski definition) is 1. The van der Waals surface area contributed by atoms with Gasteiger partial charge in [0.2, 0.25) is 0 Å². The molecule has 26 heavy (non-hydrogen) atoms. The maximum atomic E-state index is 11.6. The minimum absolute atomic E-state index is 0.132. The highest BCUT2D eigenvalue weighted by atomic mass is 16.6. The van der Waals surface area contributed by atoms with Gasteiger partial charge >= 0.3 is 6.09 Å². The normalized spacial score (nSPS) is 10.5. The first-order valence-electron chi connectivity index (χ1n) is 7.95. The summed E-state index contributed by atoms with van der Waals surface area (Å²) < 4.78 is 5.08. The van der Waals surface area contributed by atoms with Crippen molar-refractivity contribution in [3.05, 3.63) is 81.4 Å². The van der Waals surface area contributed by atoms with Gasteiger partial charge in [0.05, 0.1) is 4.92 Å². The van der Waals surface area contributed by atoms with Gasteiger partial charge in [0, 0.05) is 24.2 Å². The van der Waals surface area contributed by atoms with Gasteiger partial charge in [-0.25, -0.2) is 4.79 Å². The average molecular weight is 354 g/mol. The fourth-order valence-electron chi connectivity index (χ4n) is 2.17. The van der Waals surface area contributed by atoms with E-state index in [4.69, 9.17) is 4.74 Å². The predicted molar refractivity (Wildman–Crippen MR) is 96.8 cm³/mol. The van der Waals surface area contributed by atoms with Gasteiger partial charge in [0.25, 0.3) is 5.69 Å². The van der Waals surface area contributed by atoms with Crippen LogP contribution in [0.2, 0.25) is 0 Å². The van der Waals surface area contributed by atoms with Crippen LogP contribution in [0.15, 0.2) is 54.6 Å². The minimum atomic E-state index is -0.550. The lowest BCUT2D eigenvalue weighted by atomic mass is 10.1. The van der Waals surface area contributed by atoms with Gasteiger partial charge in [-0.1, -0.05) is 42.5 Å². The molecule has 0 saturated carbocycles. The Balaban J connectivity index is 1.76. The molecule has 0 aliphatic heterocycles. The summed E-state index contributed by atoms with van der Waals surface area (Å²) in [5, 5.41) is 13.3. The van der Waals surface area contributed by atoms with Crippen LogP contribution in [-0.4, -0.2) is 23.8 Å². The maximum Gasteiger partial charge on any atom is 0.407 e. The highest BCUT2D eigenvalue weighted by Gasteiger charge is 2.08. The third-order valence-electron chi connectivity index (χ3n) is 3.50. The van der Waals surface area contributed by atoms with Crippen LogP contribution in [0.25, 0.3) is 6.08 Å². The van der Waals surface area contributed by atoms with Gasteiger partial charge in [0.15, 0.2) is 6.29 Å². The van der Waals surface area contributed by atoms with Crippen molar-refractivity contribution in [1.29, 1.82) is 0 Å². The Labute approximate surface area is 150 Å². The molecule has 0 spiro atoms. The molecule has 1 amide bonds. The van der Waals surface area contributed by atoms with Crippen molar-refractivity contribution in [3.8, 4) is 0 Å². The van der Waals surface area contributed by atoms with Crippen molar-refractivity contribution in [2.24, 2.45) is 0 Å². The van der Waals surface area contributed by atoms with E-state index in [0.717, 1.165) is 5.56 Å². The van der Waals surface area contributed by atoms with E-state index in [0.29, 0.717) is 24.8 Å². The molecule has 1 N–H and O–H groups in total. The third kappa shape index (κ3) is 5.86. The molecular formula is C19H18N2O5. The number of hydrogen-bond acceptors (Lipinski definition) is 5. The molecular weight excluding hydrogens is 336 g/mol. The number of aldehydes is 1. The Hall–Kier alpha value is -3.48. The zero-order chi connectivity index (χ0) is 18.8. The van der Waals surface area contributed by atoms with Crippen LogP contribution in [0.5, 0.6) is 0 Å². The lowest BCUT2D eigenvalue weighted by Gasteiger charge is -2.06. The molecule has 0 aliphatic carbocycles. The molecule has 0 fully saturated rings. The number of nitro groups is 1. The molecule has 0 saturated heterocycles. The smallest absolute Gasteiger partial charge is 0.407 e. The molecule has 0 heterocycles. The molecule has 134 valence electrons. The summed E-state index contributed by atoms with van der Waals surface area (Å²) >= 11 is 0. The first kappa shape index (κ1) is 18.9. The second kappa shape index (κ2) is 9.73. The van der Waals surface area contributed by atoms with E-state index in [1.807, 2.05) is 30.3 Å². The number of carbonyl (C=O) groups is 2. The number of nitrogens with zero attached hydrogens (tertiary/aromatic N) is 1. The summed E-state index contributed by atoms with van der Waals surface area (Å²) in [6.45, 7) is 0.571. The zero-order valence-corrected chi connectivity index (χ0v) is 14.0. The molecule has 2 rings (SSSR count). The van der Waals surface area contributed by atoms with E-state index < -0.39 is 11.0 Å². The summed E-state index contributed by atoms with van der Waals surface area (Å²) in [5.41, 5.74) is 1.59. The van der Waals surface area contributed by atoms with Crippen LogP contribution in [0, 0.1) is 10.1 Å². The van der Waals surface area contributed by atoms with E-state index in [1.54, 1.807) is 12.2 Å². The summed E-state index contributed by atoms with van der Waals surface area (Å²) in [5.74, 6) is 0. The third-order valence-corrected chi connectivity index (χ3v) is 3.50. The van der Waals surface area contributed by atoms with Crippen molar-refractivity contribution in [3.63, 3.8) is 0 Å². The largest absolute Gasteiger partial charge is 0.445 e. The second-order valence-corrected chi connectivity index (χ2v) is 5.37. The molecule has 2 aromatic carbocycles. The number of benzene rings is 2. The van der Waals surface area contributed by atoms with Crippen LogP contribution in [0.3, 0.4) is 0 Å². The zero-order valence-electron chi connectivity index (χ0n) is 14.0. The van der Waals surface area contributed by atoms with E-state index in [1.165, 1.54) is 18.2 Å². The van der Waals surface area contributed by atoms with Crippen molar-refractivity contribution in [2.45, 2.75) is 13.0 Å². The molecule has 0 aromatic heterocycles. The first-order chi connectivity index (χ1) is 12.6. The molecule has 2 aromatic rings. The Morgan fingerprint density at radius 3 is 2.62 bits per heavy atom. The Morgan fingerprint density at radius 1 is 1.15 bits per heavy atom. The number of rotatable bonds is 8. The fraction of sp³-hybridized carbons (Fsp3) is 0.158. The summed E-state index contributed by atoms with van der Waals surface area (Å²) in [7, 11) is 0. The van der Waals surface area contributed by atoms with Crippen LogP contribution in [-0.2, 0) is 11.3 Å². The quantitative estimate of drug-likeness (QED) is 0.337. The fourth-order valence-corrected chi connectivity index (χ4v) is 2.17. The minimum Gasteiger partial charge on any atom is -0.445 e. The molecule has 0 radical (unpaired) electrons. The van der Waals surface area contributed by atoms with Gasteiger partial charge in [-0.05, 0) is 23.6 Å². The van der Waals surface area contributed by atoms with Crippen molar-refractivity contribution < 1.29 is 19.2 Å². The van der Waals surface area contributed by atoms with E-state index in [2.05, 4.69) is 5.32 Å². The van der Waals surface area contributed by atoms with Gasteiger partial charge < -0.3 is 10.1 Å². The highest BCUT2D eigenvalue weighted by Crippen LogP contribution is 2.17. The summed E-state index contributed by atoms with van der Waals surface area (Å²) in [6.07, 6.45) is 4.05. The molecule has 0 bridgehead atoms. The number of non-ortho nitro benzene ring substituents is 1. The number of nitro benzene ring substituents is 1. The Morgan fingerprint density at radius 2 is 1.92 bits per heavy atom. The first-order valence-corrected chi connectivity index (χ1v) is 7.95. The number of carbonyl (C=O) groups excluding carboxylic acids is 2. The maximum absolute atomic E-state index is 11.6. The molecule has 0 unspecified atom stereocenters. The highest BCUT2D eigenvalue weighted by molar-refractivity contribution is 5.83. The topological polar surface area (TPSA) is 98.5 Å². The summed E-state index contributed by atoms with van der Waals surface area (Å²) in [6, 6.07) is 13.4. The molecule has 0 aliphatic rings. The molecule has 7 heteroatoms. The predicted octanol–water partition coefficient (Wildman–Crippen LogP) is 3.74.